The number of aryl methyl sites for hydroxylation is 1. The van der Waals surface area contributed by atoms with Gasteiger partial charge in [-0.1, -0.05) is 18.2 Å². The number of para-hydroxylation sites is 1. The molecule has 0 fully saturated rings. The van der Waals surface area contributed by atoms with E-state index in [1.165, 1.54) is 11.3 Å². The van der Waals surface area contributed by atoms with Crippen LogP contribution >= 0.6 is 11.3 Å². The molecule has 1 amide bonds. The molecule has 0 radical (unpaired) electrons. The Hall–Kier alpha value is -2.64. The minimum absolute atomic E-state index is 0.126. The molecule has 1 N–H and O–H groups in total. The van der Waals surface area contributed by atoms with Crippen LogP contribution in [0.5, 0.6) is 0 Å². The average Bonchev–Trinajstić information content (AvgIpc) is 3.19. The lowest BCUT2D eigenvalue weighted by molar-refractivity contribution is -0.115. The molecule has 1 aromatic carbocycles. The van der Waals surface area contributed by atoms with Crippen LogP contribution in [-0.4, -0.2) is 41.5 Å². The Kier molecular flexibility index (Phi) is 5.43. The van der Waals surface area contributed by atoms with Crippen molar-refractivity contribution in [3.63, 3.8) is 0 Å². The number of nitrogens with one attached hydrogen (secondary N) is 1. The molecule has 2 aromatic heterocycles. The van der Waals surface area contributed by atoms with E-state index in [1.54, 1.807) is 6.92 Å². The molecule has 7 heteroatoms. The Morgan fingerprint density at radius 1 is 1.24 bits per heavy atom. The molecule has 0 spiro atoms. The second kappa shape index (κ2) is 8.00. The van der Waals surface area contributed by atoms with Crippen LogP contribution in [0.4, 0.5) is 5.00 Å². The number of ether oxygens (including phenoxy) is 1. The highest BCUT2D eigenvalue weighted by Gasteiger charge is 2.28. The van der Waals surface area contributed by atoms with E-state index in [-0.39, 0.29) is 18.3 Å². The van der Waals surface area contributed by atoms with Crippen molar-refractivity contribution in [1.29, 1.82) is 0 Å². The van der Waals surface area contributed by atoms with Gasteiger partial charge in [0, 0.05) is 42.1 Å². The maximum Gasteiger partial charge on any atom is 0.341 e. The van der Waals surface area contributed by atoms with E-state index in [2.05, 4.69) is 17.3 Å². The Bertz CT molecular complexity index is 1080. The Morgan fingerprint density at radius 3 is 2.83 bits per heavy atom. The van der Waals surface area contributed by atoms with E-state index in [0.29, 0.717) is 17.2 Å². The monoisotopic (exact) mass is 411 g/mol. The maximum absolute atomic E-state index is 12.9. The summed E-state index contributed by atoms with van der Waals surface area (Å²) in [6.45, 7) is 3.78. The number of amides is 1. The normalized spacial score (nSPS) is 14.0. The third-order valence-electron chi connectivity index (χ3n) is 5.31. The molecule has 0 saturated heterocycles. The first kappa shape index (κ1) is 19.7. The smallest absolute Gasteiger partial charge is 0.341 e. The van der Waals surface area contributed by atoms with Gasteiger partial charge in [-0.3, -0.25) is 4.79 Å². The number of rotatable bonds is 5. The third-order valence-corrected chi connectivity index (χ3v) is 6.44. The van der Waals surface area contributed by atoms with Gasteiger partial charge < -0.3 is 19.5 Å². The average molecular weight is 412 g/mol. The van der Waals surface area contributed by atoms with Gasteiger partial charge in [-0.05, 0) is 37.6 Å². The summed E-state index contributed by atoms with van der Waals surface area (Å²) in [4.78, 5) is 28.8. The number of nitrogens with zero attached hydrogens (tertiary/aromatic N) is 2. The summed E-state index contributed by atoms with van der Waals surface area (Å²) in [6.07, 6.45) is 3.03. The standard InChI is InChI=1S/C22H25N3O3S/c1-4-28-22(27)20-16-9-10-24(2)13-18(16)29-21(20)23-19(26)11-14-12-25(3)17-8-6-5-7-15(14)17/h5-8,12H,4,9-11,13H2,1-3H3,(H,23,26). The summed E-state index contributed by atoms with van der Waals surface area (Å²) in [7, 11) is 4.04. The number of aromatic nitrogens is 1. The van der Waals surface area contributed by atoms with E-state index in [0.717, 1.165) is 46.4 Å². The fourth-order valence-electron chi connectivity index (χ4n) is 3.95. The van der Waals surface area contributed by atoms with Gasteiger partial charge in [0.25, 0.3) is 0 Å². The fourth-order valence-corrected chi connectivity index (χ4v) is 5.28. The Balaban J connectivity index is 1.61. The van der Waals surface area contributed by atoms with Crippen molar-refractivity contribution in [3.05, 3.63) is 52.0 Å². The van der Waals surface area contributed by atoms with Crippen LogP contribution in [0.25, 0.3) is 10.9 Å². The molecular weight excluding hydrogens is 386 g/mol. The summed E-state index contributed by atoms with van der Waals surface area (Å²) in [5.41, 5.74) is 3.62. The number of hydrogen-bond donors (Lipinski definition) is 1. The van der Waals surface area contributed by atoms with Gasteiger partial charge in [-0.2, -0.15) is 0 Å². The molecule has 1 aliphatic heterocycles. The van der Waals surface area contributed by atoms with Crippen LogP contribution in [0, 0.1) is 0 Å². The van der Waals surface area contributed by atoms with Crippen molar-refractivity contribution < 1.29 is 14.3 Å². The fraction of sp³-hybridized carbons (Fsp3) is 0.364. The quantitative estimate of drug-likeness (QED) is 0.652. The van der Waals surface area contributed by atoms with Crippen molar-refractivity contribution in [1.82, 2.24) is 9.47 Å². The van der Waals surface area contributed by atoms with Crippen LogP contribution < -0.4 is 5.32 Å². The zero-order valence-electron chi connectivity index (χ0n) is 16.9. The molecular formula is C22H25N3O3S. The van der Waals surface area contributed by atoms with Crippen molar-refractivity contribution in [2.45, 2.75) is 26.3 Å². The van der Waals surface area contributed by atoms with Crippen molar-refractivity contribution in [2.24, 2.45) is 7.05 Å². The minimum Gasteiger partial charge on any atom is -0.462 e. The van der Waals surface area contributed by atoms with Gasteiger partial charge in [0.05, 0.1) is 18.6 Å². The SMILES string of the molecule is CCOC(=O)c1c(NC(=O)Cc2cn(C)c3ccccc23)sc2c1CCN(C)C2. The maximum atomic E-state index is 12.9. The van der Waals surface area contributed by atoms with E-state index in [1.807, 2.05) is 42.1 Å². The molecule has 29 heavy (non-hydrogen) atoms. The van der Waals surface area contributed by atoms with E-state index in [4.69, 9.17) is 4.74 Å². The molecule has 0 unspecified atom stereocenters. The topological polar surface area (TPSA) is 63.6 Å². The van der Waals surface area contributed by atoms with Crippen molar-refractivity contribution in [3.8, 4) is 0 Å². The van der Waals surface area contributed by atoms with Gasteiger partial charge in [-0.15, -0.1) is 11.3 Å². The predicted molar refractivity (Wildman–Crippen MR) is 116 cm³/mol. The number of anilines is 1. The number of thiophene rings is 1. The molecule has 6 nitrogen and oxygen atoms in total. The molecule has 4 rings (SSSR count). The van der Waals surface area contributed by atoms with E-state index < -0.39 is 0 Å². The first-order valence-corrected chi connectivity index (χ1v) is 10.6. The molecule has 152 valence electrons. The molecule has 0 saturated carbocycles. The Labute approximate surface area is 174 Å². The second-order valence-electron chi connectivity index (χ2n) is 7.42. The molecule has 0 bridgehead atoms. The van der Waals surface area contributed by atoms with Crippen LogP contribution in [0.2, 0.25) is 0 Å². The molecule has 3 heterocycles. The highest BCUT2D eigenvalue weighted by atomic mass is 32.1. The van der Waals surface area contributed by atoms with Gasteiger partial charge in [0.1, 0.15) is 5.00 Å². The largest absolute Gasteiger partial charge is 0.462 e. The number of hydrogen-bond acceptors (Lipinski definition) is 5. The van der Waals surface area contributed by atoms with Crippen molar-refractivity contribution in [2.75, 3.05) is 25.5 Å². The predicted octanol–water partition coefficient (Wildman–Crippen LogP) is 3.59. The number of likely N-dealkylation sites (N-methyl/N-ethyl adjacent to an activating group) is 1. The van der Waals surface area contributed by atoms with Gasteiger partial charge in [0.15, 0.2) is 0 Å². The van der Waals surface area contributed by atoms with E-state index in [9.17, 15) is 9.59 Å². The number of esters is 1. The number of fused-ring (bicyclic) bond motifs is 2. The minimum atomic E-state index is -0.352. The van der Waals surface area contributed by atoms with Crippen LogP contribution in [0.1, 0.15) is 33.3 Å². The number of carbonyl (C=O) groups excluding carboxylic acids is 2. The summed E-state index contributed by atoms with van der Waals surface area (Å²) < 4.78 is 7.31. The summed E-state index contributed by atoms with van der Waals surface area (Å²) in [5, 5.41) is 4.67. The lowest BCUT2D eigenvalue weighted by Crippen LogP contribution is -2.26. The Morgan fingerprint density at radius 2 is 2.03 bits per heavy atom. The third kappa shape index (κ3) is 3.80. The van der Waals surface area contributed by atoms with E-state index >= 15 is 0 Å². The van der Waals surface area contributed by atoms with Crippen LogP contribution in [0.15, 0.2) is 30.5 Å². The van der Waals surface area contributed by atoms with Gasteiger partial charge >= 0.3 is 5.97 Å². The molecule has 0 aliphatic carbocycles. The lowest BCUT2D eigenvalue weighted by Gasteiger charge is -2.22. The van der Waals surface area contributed by atoms with Crippen molar-refractivity contribution >= 4 is 39.1 Å². The van der Waals surface area contributed by atoms with Crippen LogP contribution in [0.3, 0.4) is 0 Å². The lowest BCUT2D eigenvalue weighted by atomic mass is 10.0. The summed E-state index contributed by atoms with van der Waals surface area (Å²) in [5.74, 6) is -0.478. The van der Waals surface area contributed by atoms with Gasteiger partial charge in [-0.25, -0.2) is 4.79 Å². The second-order valence-corrected chi connectivity index (χ2v) is 8.53. The highest BCUT2D eigenvalue weighted by Crippen LogP contribution is 2.37. The molecule has 3 aromatic rings. The van der Waals surface area contributed by atoms with Gasteiger partial charge in [0.2, 0.25) is 5.91 Å². The first-order chi connectivity index (χ1) is 14.0. The highest BCUT2D eigenvalue weighted by molar-refractivity contribution is 7.17. The zero-order valence-corrected chi connectivity index (χ0v) is 17.8. The summed E-state index contributed by atoms with van der Waals surface area (Å²) >= 11 is 1.49. The van der Waals surface area contributed by atoms with Crippen LogP contribution in [-0.2, 0) is 36.0 Å². The summed E-state index contributed by atoms with van der Waals surface area (Å²) in [6, 6.07) is 8.04. The zero-order chi connectivity index (χ0) is 20.5. The molecule has 1 aliphatic rings. The molecule has 0 atom stereocenters. The number of carbonyl (C=O) groups is 2. The number of benzene rings is 1. The first-order valence-electron chi connectivity index (χ1n) is 9.81.